The summed E-state index contributed by atoms with van der Waals surface area (Å²) in [7, 11) is 1.08. The van der Waals surface area contributed by atoms with Crippen molar-refractivity contribution in [3.8, 4) is 0 Å². The summed E-state index contributed by atoms with van der Waals surface area (Å²) in [6.07, 6.45) is -5.48. The zero-order valence-electron chi connectivity index (χ0n) is 12.7. The number of halogens is 6. The molecule has 3 nitrogen and oxygen atoms in total. The van der Waals surface area contributed by atoms with Gasteiger partial charge in [0.2, 0.25) is 5.92 Å². The highest BCUT2D eigenvalue weighted by Crippen LogP contribution is 2.40. The van der Waals surface area contributed by atoms with Crippen LogP contribution in [-0.4, -0.2) is 32.1 Å². The highest BCUT2D eigenvalue weighted by atomic mass is 35.5. The molecule has 0 spiro atoms. The van der Waals surface area contributed by atoms with Gasteiger partial charge in [0, 0.05) is 25.9 Å². The van der Waals surface area contributed by atoms with Gasteiger partial charge in [-0.3, -0.25) is 0 Å². The first-order valence-electron chi connectivity index (χ1n) is 7.17. The van der Waals surface area contributed by atoms with Crippen molar-refractivity contribution in [1.82, 2.24) is 0 Å². The Kier molecular flexibility index (Phi) is 5.27. The third-order valence-corrected chi connectivity index (χ3v) is 4.17. The smallest absolute Gasteiger partial charge is 0.417 e. The van der Waals surface area contributed by atoms with Crippen LogP contribution in [0, 0.1) is 0 Å². The highest BCUT2D eigenvalue weighted by molar-refractivity contribution is 6.32. The highest BCUT2D eigenvalue weighted by Gasteiger charge is 2.37. The summed E-state index contributed by atoms with van der Waals surface area (Å²) in [5.74, 6) is -3.75. The van der Waals surface area contributed by atoms with E-state index in [0.29, 0.717) is 0 Å². The molecule has 0 radical (unpaired) electrons. The number of methoxy groups -OCH3 is 1. The van der Waals surface area contributed by atoms with Gasteiger partial charge in [-0.2, -0.15) is 13.2 Å². The molecule has 9 heteroatoms. The van der Waals surface area contributed by atoms with Crippen LogP contribution in [0.4, 0.5) is 27.6 Å². The van der Waals surface area contributed by atoms with E-state index in [-0.39, 0.29) is 37.2 Å². The Labute approximate surface area is 140 Å². The number of benzene rings is 1. The molecule has 1 aliphatic heterocycles. The monoisotopic (exact) mass is 371 g/mol. The molecule has 1 aliphatic rings. The molecule has 2 rings (SSSR count). The summed E-state index contributed by atoms with van der Waals surface area (Å²) in [4.78, 5) is 13.2. The minimum absolute atomic E-state index is 0.0948. The van der Waals surface area contributed by atoms with Crippen molar-refractivity contribution in [2.75, 3.05) is 25.1 Å². The molecule has 1 aromatic carbocycles. The molecule has 0 bridgehead atoms. The maximum atomic E-state index is 13.5. The Morgan fingerprint density at radius 2 is 1.92 bits per heavy atom. The van der Waals surface area contributed by atoms with E-state index in [0.717, 1.165) is 19.2 Å². The Hall–Kier alpha value is -1.57. The number of carbonyl (C=O) groups excluding carboxylic acids is 1. The second kappa shape index (κ2) is 6.74. The SMILES string of the molecule is COC(=O)c1cc(Cl)c(C(F)(F)F)cc1N1CCCC(F)(F)CC1. The molecule has 0 unspecified atom stereocenters. The molecule has 0 saturated carbocycles. The summed E-state index contributed by atoms with van der Waals surface area (Å²) >= 11 is 5.64. The molecule has 1 heterocycles. The number of rotatable bonds is 2. The Morgan fingerprint density at radius 1 is 1.25 bits per heavy atom. The van der Waals surface area contributed by atoms with Crippen molar-refractivity contribution in [2.24, 2.45) is 0 Å². The number of anilines is 1. The number of ether oxygens (including phenoxy) is 1. The van der Waals surface area contributed by atoms with Crippen LogP contribution in [0.5, 0.6) is 0 Å². The molecule has 1 saturated heterocycles. The molecular weight excluding hydrogens is 357 g/mol. The van der Waals surface area contributed by atoms with E-state index in [2.05, 4.69) is 4.74 Å². The van der Waals surface area contributed by atoms with Crippen LogP contribution in [0.1, 0.15) is 35.2 Å². The van der Waals surface area contributed by atoms with Crippen molar-refractivity contribution in [3.63, 3.8) is 0 Å². The van der Waals surface area contributed by atoms with Crippen LogP contribution in [0.2, 0.25) is 5.02 Å². The number of alkyl halides is 5. The summed E-state index contributed by atoms with van der Waals surface area (Å²) < 4.78 is 70.8. The second-order valence-electron chi connectivity index (χ2n) is 5.54. The number of nitrogens with zero attached hydrogens (tertiary/aromatic N) is 1. The van der Waals surface area contributed by atoms with Gasteiger partial charge in [-0.25, -0.2) is 13.6 Å². The van der Waals surface area contributed by atoms with Gasteiger partial charge in [-0.15, -0.1) is 0 Å². The van der Waals surface area contributed by atoms with Crippen molar-refractivity contribution in [2.45, 2.75) is 31.4 Å². The van der Waals surface area contributed by atoms with Crippen LogP contribution in [0.3, 0.4) is 0 Å². The third-order valence-electron chi connectivity index (χ3n) is 3.85. The zero-order valence-corrected chi connectivity index (χ0v) is 13.5. The standard InChI is InChI=1S/C15H15ClF5NO2/c1-24-13(23)9-7-11(16)10(15(19,20)21)8-12(9)22-5-2-3-14(17,18)4-6-22/h7-8H,2-6H2,1H3. The molecule has 0 amide bonds. The molecule has 0 aliphatic carbocycles. The topological polar surface area (TPSA) is 29.5 Å². The van der Waals surface area contributed by atoms with Crippen molar-refractivity contribution >= 4 is 23.3 Å². The van der Waals surface area contributed by atoms with E-state index in [1.807, 2.05) is 0 Å². The predicted molar refractivity (Wildman–Crippen MR) is 78.8 cm³/mol. The molecule has 1 aromatic rings. The fourth-order valence-corrected chi connectivity index (χ4v) is 2.89. The second-order valence-corrected chi connectivity index (χ2v) is 5.94. The predicted octanol–water partition coefficient (Wildman–Crippen LogP) is 4.77. The van der Waals surface area contributed by atoms with Crippen molar-refractivity contribution in [1.29, 1.82) is 0 Å². The lowest BCUT2D eigenvalue weighted by Crippen LogP contribution is -2.28. The maximum Gasteiger partial charge on any atom is 0.417 e. The fourth-order valence-electron chi connectivity index (χ4n) is 2.62. The van der Waals surface area contributed by atoms with Crippen LogP contribution in [0.15, 0.2) is 12.1 Å². The lowest BCUT2D eigenvalue weighted by molar-refractivity contribution is -0.137. The Bertz CT molecular complexity index is 633. The summed E-state index contributed by atoms with van der Waals surface area (Å²) in [5.41, 5.74) is -1.40. The Balaban J connectivity index is 2.51. The van der Waals surface area contributed by atoms with Gasteiger partial charge in [-0.05, 0) is 18.6 Å². The largest absolute Gasteiger partial charge is 0.465 e. The van der Waals surface area contributed by atoms with E-state index < -0.39 is 35.1 Å². The minimum atomic E-state index is -4.73. The summed E-state index contributed by atoms with van der Waals surface area (Å²) in [5, 5.41) is -0.646. The molecule has 1 fully saturated rings. The zero-order chi connectivity index (χ0) is 18.1. The van der Waals surface area contributed by atoms with Gasteiger partial charge >= 0.3 is 12.1 Å². The average molecular weight is 372 g/mol. The first kappa shape index (κ1) is 18.8. The van der Waals surface area contributed by atoms with E-state index in [9.17, 15) is 26.7 Å². The normalized spacial score (nSPS) is 18.2. The van der Waals surface area contributed by atoms with E-state index >= 15 is 0 Å². The molecular formula is C15H15ClF5NO2. The van der Waals surface area contributed by atoms with Gasteiger partial charge in [-0.1, -0.05) is 11.6 Å². The molecule has 134 valence electrons. The van der Waals surface area contributed by atoms with Gasteiger partial charge in [0.05, 0.1) is 28.9 Å². The fraction of sp³-hybridized carbons (Fsp3) is 0.533. The van der Waals surface area contributed by atoms with Gasteiger partial charge < -0.3 is 9.64 Å². The minimum Gasteiger partial charge on any atom is -0.465 e. The van der Waals surface area contributed by atoms with Crippen molar-refractivity contribution in [3.05, 3.63) is 28.3 Å². The first-order valence-corrected chi connectivity index (χ1v) is 7.55. The van der Waals surface area contributed by atoms with Gasteiger partial charge in [0.1, 0.15) is 0 Å². The van der Waals surface area contributed by atoms with Crippen LogP contribution in [0.25, 0.3) is 0 Å². The summed E-state index contributed by atoms with van der Waals surface area (Å²) in [6.45, 7) is -0.0611. The Morgan fingerprint density at radius 3 is 2.50 bits per heavy atom. The lowest BCUT2D eigenvalue weighted by atomic mass is 10.1. The quantitative estimate of drug-likeness (QED) is 0.554. The molecule has 0 atom stereocenters. The van der Waals surface area contributed by atoms with E-state index in [4.69, 9.17) is 11.6 Å². The first-order chi connectivity index (χ1) is 11.0. The number of carbonyl (C=O) groups is 1. The molecule has 0 N–H and O–H groups in total. The number of hydrogen-bond acceptors (Lipinski definition) is 3. The average Bonchev–Trinajstić information content (AvgIpc) is 2.65. The van der Waals surface area contributed by atoms with Gasteiger partial charge in [0.15, 0.2) is 0 Å². The van der Waals surface area contributed by atoms with Crippen LogP contribution < -0.4 is 4.90 Å². The maximum absolute atomic E-state index is 13.5. The summed E-state index contributed by atoms with van der Waals surface area (Å²) in [6, 6.07) is 1.59. The molecule has 0 aromatic heterocycles. The van der Waals surface area contributed by atoms with Crippen LogP contribution in [-0.2, 0) is 10.9 Å². The number of hydrogen-bond donors (Lipinski definition) is 0. The van der Waals surface area contributed by atoms with Crippen LogP contribution >= 0.6 is 11.6 Å². The van der Waals surface area contributed by atoms with Crippen molar-refractivity contribution < 1.29 is 31.5 Å². The third kappa shape index (κ3) is 4.09. The lowest BCUT2D eigenvalue weighted by Gasteiger charge is -2.26. The van der Waals surface area contributed by atoms with E-state index in [1.165, 1.54) is 4.90 Å². The molecule has 24 heavy (non-hydrogen) atoms. The van der Waals surface area contributed by atoms with Gasteiger partial charge in [0.25, 0.3) is 0 Å². The number of esters is 1. The van der Waals surface area contributed by atoms with E-state index in [1.54, 1.807) is 0 Å².